The Labute approximate surface area is 130 Å². The molecule has 1 aliphatic rings. The number of piperidine rings is 1. The summed E-state index contributed by atoms with van der Waals surface area (Å²) in [7, 11) is 0. The van der Waals surface area contributed by atoms with Crippen LogP contribution in [0.3, 0.4) is 0 Å². The topological polar surface area (TPSA) is 15.3 Å². The molecule has 1 aliphatic heterocycles. The van der Waals surface area contributed by atoms with Gasteiger partial charge in [0.1, 0.15) is 0 Å². The zero-order chi connectivity index (χ0) is 15.2. The minimum atomic E-state index is 0.455. The molecule has 118 valence electrons. The van der Waals surface area contributed by atoms with E-state index in [0.29, 0.717) is 12.1 Å². The van der Waals surface area contributed by atoms with Gasteiger partial charge in [0, 0.05) is 12.1 Å². The molecular formula is C19H32N2. The fourth-order valence-electron chi connectivity index (χ4n) is 3.19. The Morgan fingerprint density at radius 1 is 1.19 bits per heavy atom. The maximum atomic E-state index is 3.83. The molecule has 1 atom stereocenters. The van der Waals surface area contributed by atoms with Crippen LogP contribution in [0.4, 0.5) is 0 Å². The van der Waals surface area contributed by atoms with E-state index >= 15 is 0 Å². The van der Waals surface area contributed by atoms with E-state index in [2.05, 4.69) is 56.1 Å². The number of hydrogen-bond donors (Lipinski definition) is 1. The summed E-state index contributed by atoms with van der Waals surface area (Å²) in [6.07, 6.45) is 5.23. The van der Waals surface area contributed by atoms with Gasteiger partial charge in [0.05, 0.1) is 0 Å². The van der Waals surface area contributed by atoms with Gasteiger partial charge in [0.2, 0.25) is 0 Å². The quantitative estimate of drug-likeness (QED) is 0.843. The van der Waals surface area contributed by atoms with E-state index in [4.69, 9.17) is 0 Å². The van der Waals surface area contributed by atoms with E-state index in [9.17, 15) is 0 Å². The molecule has 0 spiro atoms. The molecule has 2 heteroatoms. The zero-order valence-electron chi connectivity index (χ0n) is 14.3. The summed E-state index contributed by atoms with van der Waals surface area (Å²) in [5.74, 6) is 0. The molecule has 2 nitrogen and oxygen atoms in total. The first-order valence-electron chi connectivity index (χ1n) is 8.65. The molecule has 0 aliphatic carbocycles. The first-order chi connectivity index (χ1) is 10.1. The van der Waals surface area contributed by atoms with Gasteiger partial charge in [-0.25, -0.2) is 0 Å². The molecule has 0 bridgehead atoms. The highest BCUT2D eigenvalue weighted by atomic mass is 15.1. The van der Waals surface area contributed by atoms with Crippen molar-refractivity contribution in [3.05, 3.63) is 34.9 Å². The van der Waals surface area contributed by atoms with E-state index in [1.807, 2.05) is 0 Å². The van der Waals surface area contributed by atoms with Crippen LogP contribution in [0.15, 0.2) is 18.2 Å². The maximum Gasteiger partial charge on any atom is 0.0294 e. The number of hydrogen-bond acceptors (Lipinski definition) is 2. The van der Waals surface area contributed by atoms with E-state index in [0.717, 1.165) is 0 Å². The van der Waals surface area contributed by atoms with E-state index in [-0.39, 0.29) is 0 Å². The van der Waals surface area contributed by atoms with Crippen LogP contribution in [0, 0.1) is 13.8 Å². The van der Waals surface area contributed by atoms with Crippen molar-refractivity contribution in [2.24, 2.45) is 0 Å². The molecule has 1 unspecified atom stereocenters. The van der Waals surface area contributed by atoms with Gasteiger partial charge in [-0.3, -0.25) is 0 Å². The Kier molecular flexibility index (Phi) is 6.25. The van der Waals surface area contributed by atoms with Crippen molar-refractivity contribution in [2.75, 3.05) is 19.6 Å². The van der Waals surface area contributed by atoms with Crippen molar-refractivity contribution in [3.8, 4) is 0 Å². The average molecular weight is 288 g/mol. The Balaban J connectivity index is 1.81. The minimum absolute atomic E-state index is 0.455. The van der Waals surface area contributed by atoms with Crippen molar-refractivity contribution in [2.45, 2.75) is 65.5 Å². The summed E-state index contributed by atoms with van der Waals surface area (Å²) >= 11 is 0. The Morgan fingerprint density at radius 3 is 2.52 bits per heavy atom. The Bertz CT molecular complexity index is 433. The van der Waals surface area contributed by atoms with Crippen LogP contribution in [0.1, 0.15) is 62.3 Å². The molecule has 0 saturated carbocycles. The number of nitrogens with one attached hydrogen (secondary N) is 1. The number of benzene rings is 1. The molecule has 21 heavy (non-hydrogen) atoms. The maximum absolute atomic E-state index is 3.83. The van der Waals surface area contributed by atoms with Crippen LogP contribution >= 0.6 is 0 Å². The van der Waals surface area contributed by atoms with E-state index in [1.54, 1.807) is 0 Å². The highest BCUT2D eigenvalue weighted by molar-refractivity contribution is 5.31. The van der Waals surface area contributed by atoms with Crippen LogP contribution in [-0.2, 0) is 0 Å². The predicted octanol–water partition coefficient (Wildman–Crippen LogP) is 4.22. The third-order valence-electron chi connectivity index (χ3n) is 4.93. The SMILES string of the molecule is CCCCN1CCC(NC(C)c2ccc(C)c(C)c2)CC1. The van der Waals surface area contributed by atoms with Gasteiger partial charge in [0.25, 0.3) is 0 Å². The second-order valence-electron chi connectivity index (χ2n) is 6.70. The number of nitrogens with zero attached hydrogens (tertiary/aromatic N) is 1. The van der Waals surface area contributed by atoms with Gasteiger partial charge < -0.3 is 10.2 Å². The molecule has 1 aromatic carbocycles. The van der Waals surface area contributed by atoms with E-state index in [1.165, 1.54) is 62.0 Å². The van der Waals surface area contributed by atoms with Gasteiger partial charge >= 0.3 is 0 Å². The molecule has 0 aromatic heterocycles. The molecule has 1 aromatic rings. The first kappa shape index (κ1) is 16.5. The van der Waals surface area contributed by atoms with Gasteiger partial charge in [-0.15, -0.1) is 0 Å². The molecule has 0 radical (unpaired) electrons. The molecule has 1 N–H and O–H groups in total. The van der Waals surface area contributed by atoms with Crippen LogP contribution in [0.25, 0.3) is 0 Å². The van der Waals surface area contributed by atoms with Crippen LogP contribution in [0.2, 0.25) is 0 Å². The summed E-state index contributed by atoms with van der Waals surface area (Å²) in [6.45, 7) is 12.8. The fourth-order valence-corrected chi connectivity index (χ4v) is 3.19. The van der Waals surface area contributed by atoms with Crippen molar-refractivity contribution in [3.63, 3.8) is 0 Å². The second-order valence-corrected chi connectivity index (χ2v) is 6.70. The predicted molar refractivity (Wildman–Crippen MR) is 91.8 cm³/mol. The Hall–Kier alpha value is -0.860. The summed E-state index contributed by atoms with van der Waals surface area (Å²) in [5, 5.41) is 3.83. The van der Waals surface area contributed by atoms with Gasteiger partial charge in [0.15, 0.2) is 0 Å². The smallest absolute Gasteiger partial charge is 0.0294 e. The molecule has 1 heterocycles. The number of aryl methyl sites for hydroxylation is 2. The lowest BCUT2D eigenvalue weighted by Crippen LogP contribution is -2.43. The fraction of sp³-hybridized carbons (Fsp3) is 0.684. The normalized spacial score (nSPS) is 18.9. The third kappa shape index (κ3) is 4.82. The first-order valence-corrected chi connectivity index (χ1v) is 8.65. The number of unbranched alkanes of at least 4 members (excludes halogenated alkanes) is 1. The molecule has 1 saturated heterocycles. The van der Waals surface area contributed by atoms with Crippen LogP contribution < -0.4 is 5.32 Å². The van der Waals surface area contributed by atoms with Crippen molar-refractivity contribution >= 4 is 0 Å². The summed E-state index contributed by atoms with van der Waals surface area (Å²) in [4.78, 5) is 2.63. The van der Waals surface area contributed by atoms with Crippen LogP contribution in [0.5, 0.6) is 0 Å². The third-order valence-corrected chi connectivity index (χ3v) is 4.93. The lowest BCUT2D eigenvalue weighted by Gasteiger charge is -2.34. The second kappa shape index (κ2) is 7.95. The van der Waals surface area contributed by atoms with Crippen molar-refractivity contribution in [1.82, 2.24) is 10.2 Å². The lowest BCUT2D eigenvalue weighted by molar-refractivity contribution is 0.190. The van der Waals surface area contributed by atoms with Crippen molar-refractivity contribution < 1.29 is 0 Å². The summed E-state index contributed by atoms with van der Waals surface area (Å²) < 4.78 is 0. The largest absolute Gasteiger partial charge is 0.307 e. The van der Waals surface area contributed by atoms with Gasteiger partial charge in [-0.1, -0.05) is 31.5 Å². The zero-order valence-corrected chi connectivity index (χ0v) is 14.3. The highest BCUT2D eigenvalue weighted by Gasteiger charge is 2.20. The minimum Gasteiger partial charge on any atom is -0.307 e. The standard InChI is InChI=1S/C19H32N2/c1-5-6-11-21-12-9-19(10-13-21)20-17(4)18-8-7-15(2)16(3)14-18/h7-8,14,17,19-20H,5-6,9-13H2,1-4H3. The van der Waals surface area contributed by atoms with Crippen LogP contribution in [-0.4, -0.2) is 30.6 Å². The Morgan fingerprint density at radius 2 is 1.90 bits per heavy atom. The average Bonchev–Trinajstić information content (AvgIpc) is 2.49. The number of likely N-dealkylation sites (tertiary alicyclic amines) is 1. The monoisotopic (exact) mass is 288 g/mol. The van der Waals surface area contributed by atoms with Gasteiger partial charge in [-0.2, -0.15) is 0 Å². The lowest BCUT2D eigenvalue weighted by atomic mass is 9.99. The summed E-state index contributed by atoms with van der Waals surface area (Å²) in [5.41, 5.74) is 4.21. The number of rotatable bonds is 6. The highest BCUT2D eigenvalue weighted by Crippen LogP contribution is 2.20. The molecule has 0 amide bonds. The molecular weight excluding hydrogens is 256 g/mol. The molecule has 1 fully saturated rings. The van der Waals surface area contributed by atoms with Crippen molar-refractivity contribution in [1.29, 1.82) is 0 Å². The van der Waals surface area contributed by atoms with Gasteiger partial charge in [-0.05, 0) is 76.4 Å². The van der Waals surface area contributed by atoms with E-state index < -0.39 is 0 Å². The summed E-state index contributed by atoms with van der Waals surface area (Å²) in [6, 6.07) is 7.99. The molecule has 2 rings (SSSR count).